The van der Waals surface area contributed by atoms with Gasteiger partial charge in [-0.25, -0.2) is 14.6 Å². The predicted octanol–water partition coefficient (Wildman–Crippen LogP) is 2.31. The Kier molecular flexibility index (Phi) is 4.22. The SMILES string of the molecule is Cc1cnc(CNC(=O)Nc2ccc(C)c(C(=O)O)c2)o1. The highest BCUT2D eigenvalue weighted by Gasteiger charge is 2.10. The van der Waals surface area contributed by atoms with Crippen LogP contribution < -0.4 is 10.6 Å². The van der Waals surface area contributed by atoms with E-state index in [0.717, 1.165) is 0 Å². The number of carbonyl (C=O) groups excluding carboxylic acids is 1. The van der Waals surface area contributed by atoms with Crippen molar-refractivity contribution in [2.45, 2.75) is 20.4 Å². The quantitative estimate of drug-likeness (QED) is 0.801. The number of benzene rings is 1. The van der Waals surface area contributed by atoms with Crippen molar-refractivity contribution >= 4 is 17.7 Å². The third-order valence-electron chi connectivity index (χ3n) is 2.80. The fourth-order valence-corrected chi connectivity index (χ4v) is 1.74. The number of nitrogens with one attached hydrogen (secondary N) is 2. The molecule has 0 saturated carbocycles. The lowest BCUT2D eigenvalue weighted by Gasteiger charge is -2.08. The van der Waals surface area contributed by atoms with Gasteiger partial charge in [-0.15, -0.1) is 0 Å². The number of carbonyl (C=O) groups is 2. The number of anilines is 1. The number of carboxylic acids is 1. The number of carboxylic acid groups (broad SMARTS) is 1. The first kappa shape index (κ1) is 14.6. The standard InChI is InChI=1S/C14H15N3O4/c1-8-3-4-10(5-11(8)13(18)19)17-14(20)16-7-12-15-6-9(2)21-12/h3-6H,7H2,1-2H3,(H,18,19)(H2,16,17,20). The molecule has 0 bridgehead atoms. The highest BCUT2D eigenvalue weighted by molar-refractivity contribution is 5.94. The average Bonchev–Trinajstić information content (AvgIpc) is 2.84. The van der Waals surface area contributed by atoms with Gasteiger partial charge in [-0.3, -0.25) is 0 Å². The Balaban J connectivity index is 1.96. The molecule has 2 aromatic rings. The summed E-state index contributed by atoms with van der Waals surface area (Å²) in [6, 6.07) is 4.21. The van der Waals surface area contributed by atoms with Crippen molar-refractivity contribution < 1.29 is 19.1 Å². The molecule has 2 amide bonds. The Labute approximate surface area is 121 Å². The molecular formula is C14H15N3O4. The van der Waals surface area contributed by atoms with Crippen LogP contribution in [0, 0.1) is 13.8 Å². The van der Waals surface area contributed by atoms with E-state index in [1.807, 2.05) is 0 Å². The highest BCUT2D eigenvalue weighted by atomic mass is 16.4. The Morgan fingerprint density at radius 1 is 1.33 bits per heavy atom. The van der Waals surface area contributed by atoms with Crippen molar-refractivity contribution in [1.29, 1.82) is 0 Å². The van der Waals surface area contributed by atoms with Gasteiger partial charge in [0.25, 0.3) is 0 Å². The predicted molar refractivity (Wildman–Crippen MR) is 75.2 cm³/mol. The number of hydrogen-bond donors (Lipinski definition) is 3. The highest BCUT2D eigenvalue weighted by Crippen LogP contribution is 2.15. The Bertz CT molecular complexity index is 679. The fourth-order valence-electron chi connectivity index (χ4n) is 1.74. The molecule has 1 heterocycles. The zero-order chi connectivity index (χ0) is 15.4. The molecule has 0 aliphatic heterocycles. The summed E-state index contributed by atoms with van der Waals surface area (Å²) in [5, 5.41) is 14.2. The van der Waals surface area contributed by atoms with E-state index in [9.17, 15) is 9.59 Å². The molecule has 7 nitrogen and oxygen atoms in total. The first-order valence-electron chi connectivity index (χ1n) is 6.26. The summed E-state index contributed by atoms with van der Waals surface area (Å²) in [5.74, 6) is 0.0291. The van der Waals surface area contributed by atoms with Crippen LogP contribution in [0.2, 0.25) is 0 Å². The van der Waals surface area contributed by atoms with Gasteiger partial charge in [-0.1, -0.05) is 6.07 Å². The van der Waals surface area contributed by atoms with E-state index in [4.69, 9.17) is 9.52 Å². The van der Waals surface area contributed by atoms with Crippen molar-refractivity contribution in [1.82, 2.24) is 10.3 Å². The van der Waals surface area contributed by atoms with E-state index in [0.29, 0.717) is 22.9 Å². The molecule has 0 atom stereocenters. The van der Waals surface area contributed by atoms with Crippen LogP contribution in [0.3, 0.4) is 0 Å². The van der Waals surface area contributed by atoms with E-state index >= 15 is 0 Å². The van der Waals surface area contributed by atoms with Gasteiger partial charge >= 0.3 is 12.0 Å². The molecule has 0 spiro atoms. The van der Waals surface area contributed by atoms with Gasteiger partial charge in [-0.05, 0) is 31.5 Å². The van der Waals surface area contributed by atoms with Gasteiger partial charge in [0.1, 0.15) is 5.76 Å². The maximum atomic E-state index is 11.7. The van der Waals surface area contributed by atoms with Crippen LogP contribution in [-0.4, -0.2) is 22.1 Å². The molecular weight excluding hydrogens is 274 g/mol. The molecule has 110 valence electrons. The first-order valence-corrected chi connectivity index (χ1v) is 6.26. The minimum atomic E-state index is -1.04. The molecule has 3 N–H and O–H groups in total. The lowest BCUT2D eigenvalue weighted by atomic mass is 10.1. The second-order valence-electron chi connectivity index (χ2n) is 4.51. The van der Waals surface area contributed by atoms with Crippen LogP contribution in [0.1, 0.15) is 27.6 Å². The second kappa shape index (κ2) is 6.08. The van der Waals surface area contributed by atoms with Gasteiger partial charge in [0, 0.05) is 5.69 Å². The Morgan fingerprint density at radius 3 is 2.71 bits per heavy atom. The van der Waals surface area contributed by atoms with Gasteiger partial charge < -0.3 is 20.2 Å². The lowest BCUT2D eigenvalue weighted by molar-refractivity contribution is 0.0696. The van der Waals surface area contributed by atoms with Gasteiger partial charge in [0.15, 0.2) is 0 Å². The average molecular weight is 289 g/mol. The number of hydrogen-bond acceptors (Lipinski definition) is 4. The van der Waals surface area contributed by atoms with Crippen LogP contribution in [0.15, 0.2) is 28.8 Å². The Morgan fingerprint density at radius 2 is 2.10 bits per heavy atom. The monoisotopic (exact) mass is 289 g/mol. The number of oxazole rings is 1. The molecule has 0 radical (unpaired) electrons. The Hall–Kier alpha value is -2.83. The largest absolute Gasteiger partial charge is 0.478 e. The normalized spacial score (nSPS) is 10.2. The molecule has 7 heteroatoms. The van der Waals surface area contributed by atoms with E-state index in [2.05, 4.69) is 15.6 Å². The number of aromatic nitrogens is 1. The minimum Gasteiger partial charge on any atom is -0.478 e. The van der Waals surface area contributed by atoms with E-state index < -0.39 is 12.0 Å². The van der Waals surface area contributed by atoms with E-state index in [1.54, 1.807) is 32.2 Å². The molecule has 0 aliphatic rings. The van der Waals surface area contributed by atoms with Gasteiger partial charge in [-0.2, -0.15) is 0 Å². The van der Waals surface area contributed by atoms with Crippen LogP contribution >= 0.6 is 0 Å². The third-order valence-corrected chi connectivity index (χ3v) is 2.80. The number of aryl methyl sites for hydroxylation is 2. The number of rotatable bonds is 4. The molecule has 0 saturated heterocycles. The minimum absolute atomic E-state index is 0.149. The number of aromatic carboxylic acids is 1. The van der Waals surface area contributed by atoms with Crippen molar-refractivity contribution in [3.05, 3.63) is 47.2 Å². The summed E-state index contributed by atoms with van der Waals surface area (Å²) in [7, 11) is 0. The van der Waals surface area contributed by atoms with Crippen LogP contribution in [0.5, 0.6) is 0 Å². The van der Waals surface area contributed by atoms with Crippen molar-refractivity contribution in [3.8, 4) is 0 Å². The fraction of sp³-hybridized carbons (Fsp3) is 0.214. The van der Waals surface area contributed by atoms with E-state index in [1.165, 1.54) is 6.07 Å². The summed E-state index contributed by atoms with van der Waals surface area (Å²) in [6.07, 6.45) is 1.56. The van der Waals surface area contributed by atoms with Gasteiger partial charge in [0.2, 0.25) is 5.89 Å². The summed E-state index contributed by atoms with van der Waals surface area (Å²) >= 11 is 0. The smallest absolute Gasteiger partial charge is 0.336 e. The van der Waals surface area contributed by atoms with Gasteiger partial charge in [0.05, 0.1) is 18.3 Å². The topological polar surface area (TPSA) is 104 Å². The zero-order valence-electron chi connectivity index (χ0n) is 11.6. The van der Waals surface area contributed by atoms with Crippen molar-refractivity contribution in [2.75, 3.05) is 5.32 Å². The summed E-state index contributed by atoms with van der Waals surface area (Å²) in [5.41, 5.74) is 1.18. The van der Waals surface area contributed by atoms with Crippen molar-refractivity contribution in [2.24, 2.45) is 0 Å². The maximum Gasteiger partial charge on any atom is 0.336 e. The lowest BCUT2D eigenvalue weighted by Crippen LogP contribution is -2.28. The van der Waals surface area contributed by atoms with Crippen LogP contribution in [0.25, 0.3) is 0 Å². The summed E-state index contributed by atoms with van der Waals surface area (Å²) < 4.78 is 5.22. The third kappa shape index (κ3) is 3.82. The maximum absolute atomic E-state index is 11.7. The molecule has 0 aliphatic carbocycles. The van der Waals surface area contributed by atoms with Crippen molar-refractivity contribution in [3.63, 3.8) is 0 Å². The summed E-state index contributed by atoms with van der Waals surface area (Å²) in [6.45, 7) is 3.60. The number of amides is 2. The number of urea groups is 1. The first-order chi connectivity index (χ1) is 9.95. The second-order valence-corrected chi connectivity index (χ2v) is 4.51. The zero-order valence-corrected chi connectivity index (χ0v) is 11.6. The molecule has 1 aromatic heterocycles. The summed E-state index contributed by atoms with van der Waals surface area (Å²) in [4.78, 5) is 26.7. The molecule has 21 heavy (non-hydrogen) atoms. The van der Waals surface area contributed by atoms with E-state index in [-0.39, 0.29) is 12.1 Å². The molecule has 1 aromatic carbocycles. The molecule has 0 unspecified atom stereocenters. The van der Waals surface area contributed by atoms with Crippen LogP contribution in [-0.2, 0) is 6.54 Å². The molecule has 0 fully saturated rings. The number of nitrogens with zero attached hydrogens (tertiary/aromatic N) is 1. The van der Waals surface area contributed by atoms with Crippen LogP contribution in [0.4, 0.5) is 10.5 Å². The molecule has 2 rings (SSSR count).